The average molecular weight is 497 g/mol. The van der Waals surface area contributed by atoms with Gasteiger partial charge in [-0.05, 0) is 74.5 Å². The minimum absolute atomic E-state index is 0.0147. The van der Waals surface area contributed by atoms with Crippen molar-refractivity contribution in [2.45, 2.75) is 44.1 Å². The van der Waals surface area contributed by atoms with Crippen LogP contribution in [0.3, 0.4) is 0 Å². The number of ketones is 1. The van der Waals surface area contributed by atoms with E-state index in [-0.39, 0.29) is 33.2 Å². The highest BCUT2D eigenvalue weighted by atomic mass is 35.5. The molecule has 35 heavy (non-hydrogen) atoms. The molecule has 0 saturated heterocycles. The van der Waals surface area contributed by atoms with Gasteiger partial charge >= 0.3 is 5.97 Å². The Balaban J connectivity index is 1.26. The van der Waals surface area contributed by atoms with Gasteiger partial charge in [-0.2, -0.15) is 0 Å². The molecule has 182 valence electrons. The minimum Gasteiger partial charge on any atom is -0.452 e. The van der Waals surface area contributed by atoms with E-state index in [4.69, 9.17) is 16.3 Å². The van der Waals surface area contributed by atoms with Crippen LogP contribution < -0.4 is 5.32 Å². The number of esters is 1. The molecular weight excluding hydrogens is 472 g/mol. The number of benzene rings is 2. The maximum absolute atomic E-state index is 13.1. The molecule has 2 aromatic rings. The Bertz CT molecular complexity index is 1190. The first-order chi connectivity index (χ1) is 16.7. The lowest BCUT2D eigenvalue weighted by Crippen LogP contribution is -2.60. The summed E-state index contributed by atoms with van der Waals surface area (Å²) in [6.07, 6.45) is 6.73. The van der Waals surface area contributed by atoms with Gasteiger partial charge in [0.25, 0.3) is 11.6 Å². The van der Waals surface area contributed by atoms with Crippen LogP contribution in [-0.2, 0) is 9.53 Å². The summed E-state index contributed by atoms with van der Waals surface area (Å²) in [6.45, 7) is -0.435. The minimum atomic E-state index is -0.807. The van der Waals surface area contributed by atoms with Crippen molar-refractivity contribution in [2.24, 2.45) is 17.8 Å². The predicted octanol–water partition coefficient (Wildman–Crippen LogP) is 4.72. The molecule has 4 fully saturated rings. The number of amides is 1. The van der Waals surface area contributed by atoms with Crippen molar-refractivity contribution in [3.63, 3.8) is 0 Å². The fourth-order valence-corrected chi connectivity index (χ4v) is 6.80. The largest absolute Gasteiger partial charge is 0.452 e. The number of nitrogens with one attached hydrogen (secondary N) is 1. The summed E-state index contributed by atoms with van der Waals surface area (Å²) in [7, 11) is 0. The normalized spacial score (nSPS) is 26.3. The molecule has 0 aromatic heterocycles. The van der Waals surface area contributed by atoms with E-state index >= 15 is 0 Å². The Morgan fingerprint density at radius 3 is 2.20 bits per heavy atom. The van der Waals surface area contributed by atoms with Crippen LogP contribution in [-0.4, -0.2) is 34.7 Å². The fraction of sp³-hybridized carbons (Fsp3) is 0.423. The molecule has 4 aliphatic rings. The van der Waals surface area contributed by atoms with E-state index in [2.05, 4.69) is 5.32 Å². The van der Waals surface area contributed by atoms with Gasteiger partial charge < -0.3 is 10.1 Å². The number of ether oxygens (including phenoxy) is 1. The molecule has 0 spiro atoms. The molecule has 4 bridgehead atoms. The van der Waals surface area contributed by atoms with Gasteiger partial charge in [0, 0.05) is 22.7 Å². The number of hydrogen-bond donors (Lipinski definition) is 1. The molecule has 1 amide bonds. The molecule has 0 unspecified atom stereocenters. The van der Waals surface area contributed by atoms with Gasteiger partial charge in [-0.3, -0.25) is 19.7 Å². The number of nitro benzene ring substituents is 1. The smallest absolute Gasteiger partial charge is 0.339 e. The molecule has 1 N–H and O–H groups in total. The lowest BCUT2D eigenvalue weighted by Gasteiger charge is -2.56. The molecule has 0 radical (unpaired) electrons. The summed E-state index contributed by atoms with van der Waals surface area (Å²) >= 11 is 5.84. The van der Waals surface area contributed by atoms with Crippen molar-refractivity contribution >= 4 is 34.9 Å². The van der Waals surface area contributed by atoms with Crippen LogP contribution in [0.1, 0.15) is 64.8 Å². The lowest BCUT2D eigenvalue weighted by molar-refractivity contribution is -0.384. The quantitative estimate of drug-likeness (QED) is 0.256. The van der Waals surface area contributed by atoms with Crippen LogP contribution in [0.4, 0.5) is 5.69 Å². The van der Waals surface area contributed by atoms with E-state index in [1.807, 2.05) is 0 Å². The molecule has 0 aliphatic heterocycles. The van der Waals surface area contributed by atoms with Gasteiger partial charge in [0.15, 0.2) is 12.4 Å². The molecule has 2 aromatic carbocycles. The number of carbonyl (C=O) groups is 3. The van der Waals surface area contributed by atoms with Crippen LogP contribution in [0.25, 0.3) is 0 Å². The summed E-state index contributed by atoms with van der Waals surface area (Å²) < 4.78 is 5.28. The van der Waals surface area contributed by atoms with Crippen LogP contribution in [0.15, 0.2) is 42.5 Å². The van der Waals surface area contributed by atoms with Crippen molar-refractivity contribution < 1.29 is 24.0 Å². The number of carbonyl (C=O) groups excluding carboxylic acids is 3. The highest BCUT2D eigenvalue weighted by molar-refractivity contribution is 6.33. The monoisotopic (exact) mass is 496 g/mol. The SMILES string of the molecule is O=C(COC(=O)c1ccccc1C(=O)c1ccc(Cl)c([N+](=O)[O-])c1)NC12CC3CC(CC(C3)C1)C2. The zero-order valence-electron chi connectivity index (χ0n) is 19.0. The fourth-order valence-electron chi connectivity index (χ4n) is 6.61. The maximum atomic E-state index is 13.1. The summed E-state index contributed by atoms with van der Waals surface area (Å²) in [4.78, 5) is 49.1. The summed E-state index contributed by atoms with van der Waals surface area (Å²) in [5.41, 5.74) is -0.566. The first-order valence-corrected chi connectivity index (χ1v) is 12.2. The third-order valence-corrected chi connectivity index (χ3v) is 7.89. The second-order valence-electron chi connectivity index (χ2n) is 10.1. The first kappa shape index (κ1) is 23.5. The zero-order chi connectivity index (χ0) is 24.7. The van der Waals surface area contributed by atoms with Crippen molar-refractivity contribution in [3.05, 3.63) is 74.3 Å². The van der Waals surface area contributed by atoms with Crippen molar-refractivity contribution in [1.29, 1.82) is 0 Å². The van der Waals surface area contributed by atoms with E-state index in [1.165, 1.54) is 43.5 Å². The van der Waals surface area contributed by atoms with Gasteiger partial charge in [-0.15, -0.1) is 0 Å². The van der Waals surface area contributed by atoms with E-state index in [0.717, 1.165) is 25.3 Å². The van der Waals surface area contributed by atoms with E-state index in [9.17, 15) is 24.5 Å². The second kappa shape index (κ2) is 9.07. The van der Waals surface area contributed by atoms with Crippen molar-refractivity contribution in [3.8, 4) is 0 Å². The zero-order valence-corrected chi connectivity index (χ0v) is 19.8. The molecular formula is C26H25ClN2O6. The van der Waals surface area contributed by atoms with Gasteiger partial charge in [-0.25, -0.2) is 4.79 Å². The molecule has 4 saturated carbocycles. The van der Waals surface area contributed by atoms with Crippen molar-refractivity contribution in [2.75, 3.05) is 6.61 Å². The van der Waals surface area contributed by atoms with Crippen LogP contribution in [0.2, 0.25) is 5.02 Å². The molecule has 6 rings (SSSR count). The Kier molecular flexibility index (Phi) is 6.09. The molecule has 0 atom stereocenters. The highest BCUT2D eigenvalue weighted by Gasteiger charge is 2.51. The maximum Gasteiger partial charge on any atom is 0.339 e. The number of rotatable bonds is 7. The summed E-state index contributed by atoms with van der Waals surface area (Å²) in [5.74, 6) is 0.285. The molecule has 4 aliphatic carbocycles. The Hall–Kier alpha value is -3.26. The Morgan fingerprint density at radius 2 is 1.60 bits per heavy atom. The van der Waals surface area contributed by atoms with E-state index in [1.54, 1.807) is 12.1 Å². The molecule has 0 heterocycles. The van der Waals surface area contributed by atoms with Gasteiger partial charge in [-0.1, -0.05) is 29.8 Å². The first-order valence-electron chi connectivity index (χ1n) is 11.8. The summed E-state index contributed by atoms with van der Waals surface area (Å²) in [5, 5.41) is 14.2. The van der Waals surface area contributed by atoms with E-state index < -0.39 is 29.0 Å². The molecule has 8 nitrogen and oxygen atoms in total. The van der Waals surface area contributed by atoms with Gasteiger partial charge in [0.05, 0.1) is 10.5 Å². The van der Waals surface area contributed by atoms with Gasteiger partial charge in [0.2, 0.25) is 0 Å². The molecule has 9 heteroatoms. The number of nitrogens with zero attached hydrogens (tertiary/aromatic N) is 1. The topological polar surface area (TPSA) is 116 Å². The Labute approximate surface area is 207 Å². The lowest BCUT2D eigenvalue weighted by atomic mass is 9.53. The number of hydrogen-bond acceptors (Lipinski definition) is 6. The number of nitro groups is 1. The van der Waals surface area contributed by atoms with Crippen LogP contribution in [0.5, 0.6) is 0 Å². The predicted molar refractivity (Wildman–Crippen MR) is 127 cm³/mol. The van der Waals surface area contributed by atoms with E-state index in [0.29, 0.717) is 17.8 Å². The second-order valence-corrected chi connectivity index (χ2v) is 10.5. The standard InChI is InChI=1S/C26H25ClN2O6/c27-21-6-5-18(10-22(21)29(33)34)24(31)19-3-1-2-4-20(19)25(32)35-14-23(30)28-26-11-15-7-16(12-26)9-17(8-15)13-26/h1-6,10,15-17H,7-9,11-14H2,(H,28,30). The van der Waals surface area contributed by atoms with Gasteiger partial charge in [0.1, 0.15) is 5.02 Å². The third-order valence-electron chi connectivity index (χ3n) is 7.57. The van der Waals surface area contributed by atoms with Crippen LogP contribution in [0, 0.1) is 27.9 Å². The summed E-state index contributed by atoms with van der Waals surface area (Å²) in [6, 6.07) is 9.72. The van der Waals surface area contributed by atoms with Crippen molar-refractivity contribution in [1.82, 2.24) is 5.32 Å². The average Bonchev–Trinajstić information content (AvgIpc) is 2.81. The third kappa shape index (κ3) is 4.67. The Morgan fingerprint density at radius 1 is 1.00 bits per heavy atom. The van der Waals surface area contributed by atoms with Crippen LogP contribution >= 0.6 is 11.6 Å². The highest BCUT2D eigenvalue weighted by Crippen LogP contribution is 2.55. The number of halogens is 1.